The van der Waals surface area contributed by atoms with Gasteiger partial charge in [0.15, 0.2) is 0 Å². The van der Waals surface area contributed by atoms with Gasteiger partial charge in [0, 0.05) is 5.69 Å². The molecule has 0 N–H and O–H groups in total. The van der Waals surface area contributed by atoms with Gasteiger partial charge in [-0.2, -0.15) is 0 Å². The third kappa shape index (κ3) is 5.41. The fourth-order valence-corrected chi connectivity index (χ4v) is 2.29. The summed E-state index contributed by atoms with van der Waals surface area (Å²) in [6.45, 7) is 5.92. The van der Waals surface area contributed by atoms with Crippen molar-refractivity contribution >= 4 is 11.8 Å². The summed E-state index contributed by atoms with van der Waals surface area (Å²) in [4.78, 5) is 14.3. The molecule has 2 rings (SSSR count). The molecule has 0 atom stereocenters. The van der Waals surface area contributed by atoms with Crippen LogP contribution >= 0.6 is 0 Å². The topological polar surface area (TPSA) is 48.0 Å². The Morgan fingerprint density at radius 1 is 0.960 bits per heavy atom. The second-order valence-corrected chi connectivity index (χ2v) is 6.62. The maximum atomic E-state index is 12.7. The Balaban J connectivity index is 2.31. The van der Waals surface area contributed by atoms with Gasteiger partial charge in [0.1, 0.15) is 17.1 Å². The number of hydrogen-bond donors (Lipinski definition) is 0. The number of anilines is 1. The summed E-state index contributed by atoms with van der Waals surface area (Å²) in [5, 5.41) is 0. The molecule has 2 aromatic carbocycles. The zero-order chi connectivity index (χ0) is 18.4. The van der Waals surface area contributed by atoms with Gasteiger partial charge >= 0.3 is 6.09 Å². The molecule has 1 amide bonds. The Morgan fingerprint density at radius 3 is 2.16 bits per heavy atom. The first-order valence-corrected chi connectivity index (χ1v) is 8.10. The number of carbonyl (C=O) groups is 1. The lowest BCUT2D eigenvalue weighted by Gasteiger charge is -2.27. The molecule has 5 heteroatoms. The molecule has 0 aromatic heterocycles. The van der Waals surface area contributed by atoms with E-state index in [1.54, 1.807) is 19.1 Å². The predicted octanol–water partition coefficient (Wildman–Crippen LogP) is 4.65. The van der Waals surface area contributed by atoms with Crippen molar-refractivity contribution in [3.63, 3.8) is 0 Å². The van der Waals surface area contributed by atoms with E-state index in [-0.39, 0.29) is 0 Å². The first-order chi connectivity index (χ1) is 11.8. The summed E-state index contributed by atoms with van der Waals surface area (Å²) in [5.41, 5.74) is 1.11. The lowest BCUT2D eigenvalue weighted by Crippen LogP contribution is -2.36. The fraction of sp³-hybridized carbons (Fsp3) is 0.350. The number of benzene rings is 2. The second-order valence-electron chi connectivity index (χ2n) is 6.62. The summed E-state index contributed by atoms with van der Waals surface area (Å²) in [6, 6.07) is 14.9. The van der Waals surface area contributed by atoms with E-state index < -0.39 is 11.7 Å². The molecular weight excluding hydrogens is 318 g/mol. The van der Waals surface area contributed by atoms with Crippen LogP contribution < -0.4 is 14.4 Å². The predicted molar refractivity (Wildman–Crippen MR) is 98.4 cm³/mol. The van der Waals surface area contributed by atoms with Gasteiger partial charge in [0.05, 0.1) is 20.8 Å². The highest BCUT2D eigenvalue weighted by molar-refractivity contribution is 5.87. The number of ether oxygens (including phenoxy) is 3. The van der Waals surface area contributed by atoms with Crippen molar-refractivity contribution in [3.05, 3.63) is 54.1 Å². The maximum Gasteiger partial charge on any atom is 0.415 e. The highest BCUT2D eigenvalue weighted by Crippen LogP contribution is 2.24. The van der Waals surface area contributed by atoms with Crippen molar-refractivity contribution < 1.29 is 19.0 Å². The number of rotatable bonds is 5. The third-order valence-electron chi connectivity index (χ3n) is 3.47. The second kappa shape index (κ2) is 7.92. The van der Waals surface area contributed by atoms with Gasteiger partial charge in [-0.15, -0.1) is 0 Å². The van der Waals surface area contributed by atoms with Crippen LogP contribution in [0.15, 0.2) is 48.5 Å². The lowest BCUT2D eigenvalue weighted by molar-refractivity contribution is 0.0577. The first kappa shape index (κ1) is 18.6. The van der Waals surface area contributed by atoms with E-state index >= 15 is 0 Å². The van der Waals surface area contributed by atoms with Crippen LogP contribution in [0.3, 0.4) is 0 Å². The minimum Gasteiger partial charge on any atom is -0.497 e. The molecule has 0 radical (unpaired) electrons. The smallest absolute Gasteiger partial charge is 0.415 e. The molecule has 0 aliphatic heterocycles. The zero-order valence-corrected chi connectivity index (χ0v) is 15.4. The first-order valence-electron chi connectivity index (χ1n) is 8.10. The SMILES string of the molecule is COc1ccc(N(Cc2cccc(OC)c2)C(=O)OC(C)(C)C)cc1. The molecule has 0 heterocycles. The highest BCUT2D eigenvalue weighted by atomic mass is 16.6. The van der Waals surface area contributed by atoms with Crippen LogP contribution in [0.2, 0.25) is 0 Å². The van der Waals surface area contributed by atoms with Gasteiger partial charge in [-0.25, -0.2) is 4.79 Å². The van der Waals surface area contributed by atoms with Crippen LogP contribution in [0.1, 0.15) is 26.3 Å². The average molecular weight is 343 g/mol. The normalized spacial score (nSPS) is 10.9. The van der Waals surface area contributed by atoms with Gasteiger partial charge in [0.2, 0.25) is 0 Å². The molecule has 0 fully saturated rings. The van der Waals surface area contributed by atoms with Crippen molar-refractivity contribution in [2.45, 2.75) is 32.9 Å². The molecular formula is C20H25NO4. The fourth-order valence-electron chi connectivity index (χ4n) is 2.29. The number of hydrogen-bond acceptors (Lipinski definition) is 4. The van der Waals surface area contributed by atoms with E-state index in [0.29, 0.717) is 6.54 Å². The molecule has 2 aromatic rings. The summed E-state index contributed by atoms with van der Waals surface area (Å²) in [6.07, 6.45) is -0.402. The van der Waals surface area contributed by atoms with E-state index in [4.69, 9.17) is 14.2 Å². The molecule has 0 saturated carbocycles. The minimum absolute atomic E-state index is 0.373. The van der Waals surface area contributed by atoms with Crippen LogP contribution in [0, 0.1) is 0 Å². The Labute approximate surface area is 149 Å². The Morgan fingerprint density at radius 2 is 1.60 bits per heavy atom. The average Bonchev–Trinajstić information content (AvgIpc) is 2.58. The number of nitrogens with zero attached hydrogens (tertiary/aromatic N) is 1. The molecule has 0 bridgehead atoms. The Kier molecular flexibility index (Phi) is 5.91. The maximum absolute atomic E-state index is 12.7. The van der Waals surface area contributed by atoms with Gasteiger partial charge < -0.3 is 14.2 Å². The Bertz CT molecular complexity index is 704. The van der Waals surface area contributed by atoms with E-state index in [9.17, 15) is 4.79 Å². The standard InChI is InChI=1S/C20H25NO4/c1-20(2,3)25-19(22)21(16-9-11-17(23-4)12-10-16)14-15-7-6-8-18(13-15)24-5/h6-13H,14H2,1-5H3. The molecule has 25 heavy (non-hydrogen) atoms. The van der Waals surface area contributed by atoms with Crippen molar-refractivity contribution in [2.24, 2.45) is 0 Å². The minimum atomic E-state index is -0.573. The summed E-state index contributed by atoms with van der Waals surface area (Å²) in [5.74, 6) is 1.48. The van der Waals surface area contributed by atoms with Crippen molar-refractivity contribution in [1.82, 2.24) is 0 Å². The number of methoxy groups -OCH3 is 2. The molecule has 0 aliphatic carbocycles. The van der Waals surface area contributed by atoms with Gasteiger partial charge in [-0.1, -0.05) is 12.1 Å². The summed E-state index contributed by atoms with van der Waals surface area (Å²) >= 11 is 0. The van der Waals surface area contributed by atoms with Crippen LogP contribution in [-0.2, 0) is 11.3 Å². The van der Waals surface area contributed by atoms with Crippen LogP contribution in [0.5, 0.6) is 11.5 Å². The van der Waals surface area contributed by atoms with Crippen LogP contribution in [0.25, 0.3) is 0 Å². The summed E-state index contributed by atoms with van der Waals surface area (Å²) < 4.78 is 16.0. The molecule has 0 unspecified atom stereocenters. The molecule has 134 valence electrons. The van der Waals surface area contributed by atoms with Crippen molar-refractivity contribution in [3.8, 4) is 11.5 Å². The third-order valence-corrected chi connectivity index (χ3v) is 3.47. The lowest BCUT2D eigenvalue weighted by atomic mass is 10.2. The highest BCUT2D eigenvalue weighted by Gasteiger charge is 2.23. The van der Waals surface area contributed by atoms with E-state index in [1.807, 2.05) is 69.3 Å². The van der Waals surface area contributed by atoms with E-state index in [1.165, 1.54) is 0 Å². The zero-order valence-electron chi connectivity index (χ0n) is 15.4. The molecule has 0 spiro atoms. The largest absolute Gasteiger partial charge is 0.497 e. The van der Waals surface area contributed by atoms with E-state index in [2.05, 4.69) is 0 Å². The molecule has 0 aliphatic rings. The van der Waals surface area contributed by atoms with Crippen molar-refractivity contribution in [1.29, 1.82) is 0 Å². The molecule has 0 saturated heterocycles. The van der Waals surface area contributed by atoms with Crippen molar-refractivity contribution in [2.75, 3.05) is 19.1 Å². The quantitative estimate of drug-likeness (QED) is 0.793. The van der Waals surface area contributed by atoms with Crippen LogP contribution in [0.4, 0.5) is 10.5 Å². The number of carbonyl (C=O) groups excluding carboxylic acids is 1. The molecule has 5 nitrogen and oxygen atoms in total. The number of amides is 1. The summed E-state index contributed by atoms with van der Waals surface area (Å²) in [7, 11) is 3.23. The Hall–Kier alpha value is -2.69. The monoisotopic (exact) mass is 343 g/mol. The van der Waals surface area contributed by atoms with Gasteiger partial charge in [-0.05, 0) is 62.7 Å². The van der Waals surface area contributed by atoms with E-state index in [0.717, 1.165) is 22.7 Å². The van der Waals surface area contributed by atoms with Gasteiger partial charge in [0.25, 0.3) is 0 Å². The van der Waals surface area contributed by atoms with Gasteiger partial charge in [-0.3, -0.25) is 4.90 Å². The van der Waals surface area contributed by atoms with Crippen LogP contribution in [-0.4, -0.2) is 25.9 Å².